The standard InChI is InChI=1S/C22H23N3O2/c26-20-11-13-24(16-21(20)27-17-19-9-5-2-6-10-19)22-12-14-25(23-22)15-18-7-3-1-4-8-18/h1-10,12,14,21H,11,13,15-17H2. The van der Waals surface area contributed by atoms with E-state index in [9.17, 15) is 4.79 Å². The largest absolute Gasteiger partial charge is 0.364 e. The molecule has 0 radical (unpaired) electrons. The van der Waals surface area contributed by atoms with E-state index >= 15 is 0 Å². The zero-order valence-corrected chi connectivity index (χ0v) is 15.2. The van der Waals surface area contributed by atoms with Gasteiger partial charge in [-0.2, -0.15) is 5.10 Å². The van der Waals surface area contributed by atoms with E-state index in [2.05, 4.69) is 22.1 Å². The fourth-order valence-corrected chi connectivity index (χ4v) is 3.30. The molecular weight excluding hydrogens is 338 g/mol. The number of carbonyl (C=O) groups excluding carboxylic acids is 1. The van der Waals surface area contributed by atoms with Gasteiger partial charge in [0.05, 0.1) is 19.7 Å². The van der Waals surface area contributed by atoms with E-state index < -0.39 is 6.10 Å². The van der Waals surface area contributed by atoms with E-state index in [-0.39, 0.29) is 5.78 Å². The van der Waals surface area contributed by atoms with Crippen LogP contribution in [0.25, 0.3) is 0 Å². The summed E-state index contributed by atoms with van der Waals surface area (Å²) in [6, 6.07) is 22.2. The second kappa shape index (κ2) is 8.18. The highest BCUT2D eigenvalue weighted by molar-refractivity contribution is 5.85. The number of carbonyl (C=O) groups is 1. The molecule has 5 nitrogen and oxygen atoms in total. The first kappa shape index (κ1) is 17.5. The molecule has 2 aromatic carbocycles. The van der Waals surface area contributed by atoms with Crippen LogP contribution in [0, 0.1) is 0 Å². The zero-order chi connectivity index (χ0) is 18.5. The number of aromatic nitrogens is 2. The van der Waals surface area contributed by atoms with E-state index in [1.54, 1.807) is 0 Å². The predicted molar refractivity (Wildman–Crippen MR) is 105 cm³/mol. The van der Waals surface area contributed by atoms with Gasteiger partial charge in [0, 0.05) is 25.2 Å². The van der Waals surface area contributed by atoms with Gasteiger partial charge in [0.1, 0.15) is 6.10 Å². The number of Topliss-reactive ketones (excluding diaryl/α,β-unsaturated/α-hetero) is 1. The lowest BCUT2D eigenvalue weighted by atomic mass is 10.1. The quantitative estimate of drug-likeness (QED) is 0.676. The number of piperidine rings is 1. The van der Waals surface area contributed by atoms with Crippen LogP contribution in [-0.2, 0) is 22.7 Å². The van der Waals surface area contributed by atoms with Crippen molar-refractivity contribution in [3.05, 3.63) is 84.1 Å². The number of ether oxygens (including phenoxy) is 1. The third-order valence-corrected chi connectivity index (χ3v) is 4.81. The average molecular weight is 361 g/mol. The Morgan fingerprint density at radius 3 is 2.41 bits per heavy atom. The Hall–Kier alpha value is -2.92. The summed E-state index contributed by atoms with van der Waals surface area (Å²) >= 11 is 0. The molecule has 1 unspecified atom stereocenters. The van der Waals surface area contributed by atoms with Crippen LogP contribution in [0.15, 0.2) is 72.9 Å². The highest BCUT2D eigenvalue weighted by atomic mass is 16.5. The Morgan fingerprint density at radius 2 is 1.67 bits per heavy atom. The fourth-order valence-electron chi connectivity index (χ4n) is 3.30. The Balaban J connectivity index is 1.38. The van der Waals surface area contributed by atoms with Gasteiger partial charge in [-0.1, -0.05) is 60.7 Å². The maximum atomic E-state index is 12.3. The highest BCUT2D eigenvalue weighted by Gasteiger charge is 2.29. The molecule has 1 atom stereocenters. The van der Waals surface area contributed by atoms with Crippen LogP contribution in [0.4, 0.5) is 5.82 Å². The maximum Gasteiger partial charge on any atom is 0.165 e. The average Bonchev–Trinajstić information content (AvgIpc) is 3.17. The summed E-state index contributed by atoms with van der Waals surface area (Å²) in [5.74, 6) is 1.07. The lowest BCUT2D eigenvalue weighted by Gasteiger charge is -2.31. The van der Waals surface area contributed by atoms with E-state index in [0.29, 0.717) is 26.1 Å². The summed E-state index contributed by atoms with van der Waals surface area (Å²) in [5.41, 5.74) is 2.29. The number of hydrogen-bond acceptors (Lipinski definition) is 4. The molecule has 138 valence electrons. The zero-order valence-electron chi connectivity index (χ0n) is 15.2. The molecule has 0 spiro atoms. The molecule has 3 aromatic rings. The molecule has 1 aromatic heterocycles. The second-order valence-corrected chi connectivity index (χ2v) is 6.80. The summed E-state index contributed by atoms with van der Waals surface area (Å²) in [6.45, 7) is 2.43. The van der Waals surface area contributed by atoms with Gasteiger partial charge in [0.15, 0.2) is 11.6 Å². The molecule has 5 heteroatoms. The lowest BCUT2D eigenvalue weighted by molar-refractivity contribution is -0.132. The molecule has 1 fully saturated rings. The fraction of sp³-hybridized carbons (Fsp3) is 0.273. The van der Waals surface area contributed by atoms with E-state index in [1.165, 1.54) is 5.56 Å². The molecule has 0 aliphatic carbocycles. The minimum atomic E-state index is -0.404. The molecule has 1 saturated heterocycles. The first-order chi connectivity index (χ1) is 13.3. The first-order valence-electron chi connectivity index (χ1n) is 9.28. The molecule has 0 bridgehead atoms. The van der Waals surface area contributed by atoms with Crippen LogP contribution in [0.3, 0.4) is 0 Å². The van der Waals surface area contributed by atoms with E-state index in [4.69, 9.17) is 4.74 Å². The summed E-state index contributed by atoms with van der Waals surface area (Å²) in [7, 11) is 0. The Labute approximate surface area is 159 Å². The Morgan fingerprint density at radius 1 is 0.963 bits per heavy atom. The van der Waals surface area contributed by atoms with Crippen molar-refractivity contribution in [1.82, 2.24) is 9.78 Å². The third-order valence-electron chi connectivity index (χ3n) is 4.81. The summed E-state index contributed by atoms with van der Waals surface area (Å²) in [5, 5.41) is 4.68. The number of nitrogens with zero attached hydrogens (tertiary/aromatic N) is 3. The highest BCUT2D eigenvalue weighted by Crippen LogP contribution is 2.19. The number of hydrogen-bond donors (Lipinski definition) is 0. The summed E-state index contributed by atoms with van der Waals surface area (Å²) in [4.78, 5) is 14.4. The van der Waals surface area contributed by atoms with Crippen molar-refractivity contribution >= 4 is 11.6 Å². The van der Waals surface area contributed by atoms with Gasteiger partial charge in [0.2, 0.25) is 0 Å². The number of ketones is 1. The van der Waals surface area contributed by atoms with Crippen molar-refractivity contribution < 1.29 is 9.53 Å². The Bertz CT molecular complexity index is 877. The van der Waals surface area contributed by atoms with Crippen molar-refractivity contribution in [1.29, 1.82) is 0 Å². The van der Waals surface area contributed by atoms with Crippen LogP contribution in [0.2, 0.25) is 0 Å². The van der Waals surface area contributed by atoms with Gasteiger partial charge in [0.25, 0.3) is 0 Å². The van der Waals surface area contributed by atoms with Crippen LogP contribution in [0.1, 0.15) is 17.5 Å². The van der Waals surface area contributed by atoms with E-state index in [0.717, 1.165) is 17.9 Å². The van der Waals surface area contributed by atoms with Crippen LogP contribution in [0.5, 0.6) is 0 Å². The third kappa shape index (κ3) is 4.44. The lowest BCUT2D eigenvalue weighted by Crippen LogP contribution is -2.45. The van der Waals surface area contributed by atoms with Gasteiger partial charge in [-0.15, -0.1) is 0 Å². The van der Waals surface area contributed by atoms with Gasteiger partial charge >= 0.3 is 0 Å². The number of rotatable bonds is 6. The van der Waals surface area contributed by atoms with Gasteiger partial charge in [-0.05, 0) is 11.1 Å². The number of anilines is 1. The van der Waals surface area contributed by atoms with Gasteiger partial charge < -0.3 is 9.64 Å². The predicted octanol–water partition coefficient (Wildman–Crippen LogP) is 3.30. The van der Waals surface area contributed by atoms with Gasteiger partial charge in [-0.25, -0.2) is 0 Å². The van der Waals surface area contributed by atoms with Crippen LogP contribution in [-0.4, -0.2) is 34.8 Å². The molecule has 27 heavy (non-hydrogen) atoms. The second-order valence-electron chi connectivity index (χ2n) is 6.80. The Kier molecular flexibility index (Phi) is 5.30. The number of benzene rings is 2. The summed E-state index contributed by atoms with van der Waals surface area (Å²) < 4.78 is 7.84. The van der Waals surface area contributed by atoms with E-state index in [1.807, 2.05) is 65.5 Å². The normalized spacial score (nSPS) is 17.3. The van der Waals surface area contributed by atoms with Gasteiger partial charge in [-0.3, -0.25) is 9.48 Å². The minimum Gasteiger partial charge on any atom is -0.364 e. The van der Waals surface area contributed by atoms with Crippen LogP contribution < -0.4 is 4.90 Å². The molecule has 2 heterocycles. The molecule has 1 aliphatic rings. The molecule has 0 N–H and O–H groups in total. The molecule has 0 saturated carbocycles. The summed E-state index contributed by atoms with van der Waals surface area (Å²) in [6.07, 6.45) is 2.07. The smallest absolute Gasteiger partial charge is 0.165 e. The van der Waals surface area contributed by atoms with Crippen molar-refractivity contribution in [2.24, 2.45) is 0 Å². The molecule has 4 rings (SSSR count). The monoisotopic (exact) mass is 361 g/mol. The minimum absolute atomic E-state index is 0.172. The van der Waals surface area contributed by atoms with Crippen molar-refractivity contribution in [3.63, 3.8) is 0 Å². The van der Waals surface area contributed by atoms with Crippen molar-refractivity contribution in [2.75, 3.05) is 18.0 Å². The van der Waals surface area contributed by atoms with Crippen LogP contribution >= 0.6 is 0 Å². The van der Waals surface area contributed by atoms with Crippen molar-refractivity contribution in [3.8, 4) is 0 Å². The molecule has 0 amide bonds. The SMILES string of the molecule is O=C1CCN(c2ccn(Cc3ccccc3)n2)CC1OCc1ccccc1. The first-order valence-corrected chi connectivity index (χ1v) is 9.28. The molecular formula is C22H23N3O2. The van der Waals surface area contributed by atoms with Crippen molar-refractivity contribution in [2.45, 2.75) is 25.7 Å². The topological polar surface area (TPSA) is 47.4 Å². The molecule has 1 aliphatic heterocycles. The maximum absolute atomic E-state index is 12.3.